The molecule has 1 unspecified atom stereocenters. The van der Waals surface area contributed by atoms with E-state index < -0.39 is 5.97 Å². The Morgan fingerprint density at radius 2 is 1.89 bits per heavy atom. The van der Waals surface area contributed by atoms with E-state index in [1.807, 2.05) is 14.0 Å². The lowest BCUT2D eigenvalue weighted by atomic mass is 10.0. The third-order valence-corrected chi connectivity index (χ3v) is 3.37. The first-order chi connectivity index (χ1) is 8.52. The van der Waals surface area contributed by atoms with Crippen molar-refractivity contribution >= 4 is 12.0 Å². The van der Waals surface area contributed by atoms with Crippen molar-refractivity contribution in [1.82, 2.24) is 15.1 Å². The zero-order chi connectivity index (χ0) is 13.5. The first-order valence-electron chi connectivity index (χ1n) is 6.46. The maximum atomic E-state index is 11.9. The molecule has 1 fully saturated rings. The Kier molecular flexibility index (Phi) is 5.91. The van der Waals surface area contributed by atoms with E-state index >= 15 is 0 Å². The number of carboxylic acid groups (broad SMARTS) is 1. The molecular formula is C12H23N3O3. The van der Waals surface area contributed by atoms with E-state index in [0.29, 0.717) is 6.54 Å². The monoisotopic (exact) mass is 257 g/mol. The minimum absolute atomic E-state index is 0.0129. The minimum atomic E-state index is -0.810. The van der Waals surface area contributed by atoms with Crippen LogP contribution in [0.25, 0.3) is 0 Å². The largest absolute Gasteiger partial charge is 0.481 e. The average molecular weight is 257 g/mol. The van der Waals surface area contributed by atoms with Gasteiger partial charge >= 0.3 is 12.0 Å². The van der Waals surface area contributed by atoms with Crippen LogP contribution >= 0.6 is 0 Å². The van der Waals surface area contributed by atoms with Gasteiger partial charge in [0.05, 0.1) is 0 Å². The van der Waals surface area contributed by atoms with Crippen molar-refractivity contribution in [3.63, 3.8) is 0 Å². The van der Waals surface area contributed by atoms with E-state index in [4.69, 9.17) is 5.11 Å². The molecule has 2 N–H and O–H groups in total. The average Bonchev–Trinajstić information content (AvgIpc) is 2.34. The normalized spacial score (nSPS) is 18.4. The number of nitrogens with zero attached hydrogens (tertiary/aromatic N) is 2. The zero-order valence-corrected chi connectivity index (χ0v) is 11.2. The molecular weight excluding hydrogens is 234 g/mol. The van der Waals surface area contributed by atoms with Gasteiger partial charge in [-0.2, -0.15) is 0 Å². The summed E-state index contributed by atoms with van der Waals surface area (Å²) in [5.41, 5.74) is 0. The second kappa shape index (κ2) is 7.20. The summed E-state index contributed by atoms with van der Waals surface area (Å²) in [7, 11) is 2.04. The number of nitrogens with one attached hydrogen (secondary N) is 1. The highest BCUT2D eigenvalue weighted by molar-refractivity contribution is 5.74. The predicted octanol–water partition coefficient (Wildman–Crippen LogP) is 0.444. The summed E-state index contributed by atoms with van der Waals surface area (Å²) < 4.78 is 0. The molecule has 0 aromatic rings. The number of amides is 2. The number of carbonyl (C=O) groups excluding carboxylic acids is 1. The van der Waals surface area contributed by atoms with Gasteiger partial charge in [-0.3, -0.25) is 4.79 Å². The molecule has 0 saturated carbocycles. The van der Waals surface area contributed by atoms with Crippen LogP contribution in [-0.2, 0) is 4.79 Å². The molecule has 0 radical (unpaired) electrons. The van der Waals surface area contributed by atoms with Crippen LogP contribution in [0, 0.1) is 5.92 Å². The third kappa shape index (κ3) is 4.91. The van der Waals surface area contributed by atoms with E-state index in [0.717, 1.165) is 32.6 Å². The molecule has 0 aromatic carbocycles. The Labute approximate surface area is 108 Å². The van der Waals surface area contributed by atoms with Gasteiger partial charge in [0.2, 0.25) is 0 Å². The molecule has 1 atom stereocenters. The van der Waals surface area contributed by atoms with Crippen LogP contribution in [0.2, 0.25) is 0 Å². The Morgan fingerprint density at radius 1 is 1.28 bits per heavy atom. The molecule has 0 aliphatic carbocycles. The summed E-state index contributed by atoms with van der Waals surface area (Å²) in [5, 5.41) is 11.6. The maximum absolute atomic E-state index is 11.9. The van der Waals surface area contributed by atoms with Gasteiger partial charge in [0.15, 0.2) is 0 Å². The highest BCUT2D eigenvalue weighted by Crippen LogP contribution is 2.07. The van der Waals surface area contributed by atoms with Gasteiger partial charge < -0.3 is 20.2 Å². The fourth-order valence-corrected chi connectivity index (χ4v) is 1.96. The van der Waals surface area contributed by atoms with Crippen molar-refractivity contribution in [2.24, 2.45) is 5.92 Å². The fraction of sp³-hybridized carbons (Fsp3) is 0.833. The lowest BCUT2D eigenvalue weighted by Gasteiger charge is -2.32. The molecule has 6 nitrogen and oxygen atoms in total. The number of carbonyl (C=O) groups is 2. The Balaban J connectivity index is 2.29. The fourth-order valence-electron chi connectivity index (χ4n) is 1.96. The smallest absolute Gasteiger partial charge is 0.317 e. The minimum Gasteiger partial charge on any atom is -0.481 e. The summed E-state index contributed by atoms with van der Waals surface area (Å²) in [6.07, 6.45) is 0.870. The molecule has 0 bridgehead atoms. The van der Waals surface area contributed by atoms with Gasteiger partial charge in [-0.15, -0.1) is 0 Å². The number of urea groups is 1. The first-order valence-corrected chi connectivity index (χ1v) is 6.46. The summed E-state index contributed by atoms with van der Waals surface area (Å²) >= 11 is 0. The van der Waals surface area contributed by atoms with Crippen molar-refractivity contribution in [1.29, 1.82) is 0 Å². The van der Waals surface area contributed by atoms with Gasteiger partial charge in [-0.1, -0.05) is 13.3 Å². The summed E-state index contributed by atoms with van der Waals surface area (Å²) in [5.74, 6) is -0.797. The van der Waals surface area contributed by atoms with E-state index in [9.17, 15) is 9.59 Å². The van der Waals surface area contributed by atoms with Crippen LogP contribution in [0.15, 0.2) is 0 Å². The molecule has 1 aliphatic rings. The van der Waals surface area contributed by atoms with Gasteiger partial charge in [0, 0.05) is 39.1 Å². The number of aliphatic carboxylic acids is 1. The van der Waals surface area contributed by atoms with E-state index in [1.165, 1.54) is 0 Å². The van der Waals surface area contributed by atoms with Gasteiger partial charge in [0.25, 0.3) is 0 Å². The maximum Gasteiger partial charge on any atom is 0.317 e. The van der Waals surface area contributed by atoms with E-state index in [1.54, 1.807) is 4.90 Å². The van der Waals surface area contributed by atoms with Crippen LogP contribution in [0.1, 0.15) is 19.8 Å². The lowest BCUT2D eigenvalue weighted by molar-refractivity contribution is -0.138. The van der Waals surface area contributed by atoms with Crippen LogP contribution in [0.3, 0.4) is 0 Å². The number of carboxylic acids is 1. The van der Waals surface area contributed by atoms with Crippen molar-refractivity contribution in [3.05, 3.63) is 0 Å². The number of rotatable bonds is 5. The second-order valence-electron chi connectivity index (χ2n) is 4.85. The van der Waals surface area contributed by atoms with Gasteiger partial charge in [-0.05, 0) is 13.0 Å². The van der Waals surface area contributed by atoms with Crippen molar-refractivity contribution in [2.75, 3.05) is 39.8 Å². The molecule has 6 heteroatoms. The topological polar surface area (TPSA) is 72.9 Å². The Bertz CT molecular complexity index is 288. The molecule has 0 spiro atoms. The SMILES string of the molecule is CCC(CNC(=O)N1CCN(C)CC1)CC(=O)O. The number of piperazine rings is 1. The zero-order valence-electron chi connectivity index (χ0n) is 11.2. The molecule has 0 aromatic heterocycles. The first kappa shape index (κ1) is 14.8. The van der Waals surface area contributed by atoms with Crippen LogP contribution in [-0.4, -0.2) is 66.7 Å². The lowest BCUT2D eigenvalue weighted by Crippen LogP contribution is -2.51. The molecule has 18 heavy (non-hydrogen) atoms. The summed E-state index contributed by atoms with van der Waals surface area (Å²) in [6.45, 7) is 5.62. The molecule has 2 amide bonds. The van der Waals surface area contributed by atoms with Crippen molar-refractivity contribution < 1.29 is 14.7 Å². The van der Waals surface area contributed by atoms with Gasteiger partial charge in [0.1, 0.15) is 0 Å². The Morgan fingerprint density at radius 3 is 2.39 bits per heavy atom. The van der Waals surface area contributed by atoms with Crippen LogP contribution in [0.4, 0.5) is 4.79 Å². The summed E-state index contributed by atoms with van der Waals surface area (Å²) in [4.78, 5) is 26.5. The predicted molar refractivity (Wildman–Crippen MR) is 68.5 cm³/mol. The Hall–Kier alpha value is -1.30. The quantitative estimate of drug-likeness (QED) is 0.750. The highest BCUT2D eigenvalue weighted by Gasteiger charge is 2.20. The second-order valence-corrected chi connectivity index (χ2v) is 4.85. The molecule has 104 valence electrons. The molecule has 1 aliphatic heterocycles. The standard InChI is InChI=1S/C12H23N3O3/c1-3-10(8-11(16)17)9-13-12(18)15-6-4-14(2)5-7-15/h10H,3-9H2,1-2H3,(H,13,18)(H,16,17). The third-order valence-electron chi connectivity index (χ3n) is 3.37. The van der Waals surface area contributed by atoms with Crippen molar-refractivity contribution in [3.8, 4) is 0 Å². The number of hydrogen-bond donors (Lipinski definition) is 2. The molecule has 1 heterocycles. The van der Waals surface area contributed by atoms with Crippen LogP contribution < -0.4 is 5.32 Å². The summed E-state index contributed by atoms with van der Waals surface area (Å²) in [6, 6.07) is -0.0769. The van der Waals surface area contributed by atoms with Crippen molar-refractivity contribution in [2.45, 2.75) is 19.8 Å². The highest BCUT2D eigenvalue weighted by atomic mass is 16.4. The molecule has 1 saturated heterocycles. The van der Waals surface area contributed by atoms with E-state index in [-0.39, 0.29) is 18.4 Å². The number of hydrogen-bond acceptors (Lipinski definition) is 3. The number of likely N-dealkylation sites (N-methyl/N-ethyl adjacent to an activating group) is 1. The molecule has 1 rings (SSSR count). The van der Waals surface area contributed by atoms with Gasteiger partial charge in [-0.25, -0.2) is 4.79 Å². The van der Waals surface area contributed by atoms with Crippen LogP contribution in [0.5, 0.6) is 0 Å². The van der Waals surface area contributed by atoms with E-state index in [2.05, 4.69) is 10.2 Å².